The molecule has 0 aliphatic heterocycles. The second-order valence-electron chi connectivity index (χ2n) is 5.22. The van der Waals surface area contributed by atoms with Crippen molar-refractivity contribution in [2.75, 3.05) is 0 Å². The van der Waals surface area contributed by atoms with Crippen LogP contribution in [0.25, 0.3) is 11.3 Å². The first-order valence-corrected chi connectivity index (χ1v) is 7.73. The van der Waals surface area contributed by atoms with E-state index < -0.39 is 5.97 Å². The maximum atomic E-state index is 11.1. The smallest absolute Gasteiger partial charge is 0.335 e. The lowest BCUT2D eigenvalue weighted by Gasteiger charge is -2.04. The van der Waals surface area contributed by atoms with Gasteiger partial charge < -0.3 is 14.8 Å². The van der Waals surface area contributed by atoms with E-state index in [9.17, 15) is 4.79 Å². The minimum Gasteiger partial charge on any atom is -0.478 e. The fourth-order valence-electron chi connectivity index (χ4n) is 2.30. The van der Waals surface area contributed by atoms with Gasteiger partial charge in [0.25, 0.3) is 0 Å². The van der Waals surface area contributed by atoms with Gasteiger partial charge >= 0.3 is 5.97 Å². The summed E-state index contributed by atoms with van der Waals surface area (Å²) >= 11 is 6.15. The largest absolute Gasteiger partial charge is 0.478 e. The van der Waals surface area contributed by atoms with Crippen LogP contribution < -0.4 is 5.32 Å². The topological polar surface area (TPSA) is 75.4 Å². The van der Waals surface area contributed by atoms with Gasteiger partial charge in [0.1, 0.15) is 11.5 Å². The molecule has 3 aromatic rings. The van der Waals surface area contributed by atoms with E-state index in [1.807, 2.05) is 18.2 Å². The van der Waals surface area contributed by atoms with E-state index >= 15 is 0 Å². The van der Waals surface area contributed by atoms with Gasteiger partial charge in [-0.2, -0.15) is 0 Å². The van der Waals surface area contributed by atoms with Crippen LogP contribution in [0.4, 0.5) is 0 Å². The van der Waals surface area contributed by atoms with Crippen LogP contribution in [-0.2, 0) is 13.1 Å². The number of carbonyl (C=O) groups is 1. The summed E-state index contributed by atoms with van der Waals surface area (Å²) in [6.07, 6.45) is 3.50. The number of hydrogen-bond donors (Lipinski definition) is 2. The molecule has 0 bridgehead atoms. The minimum atomic E-state index is -1.00. The number of carboxylic acid groups (broad SMARTS) is 1. The van der Waals surface area contributed by atoms with Gasteiger partial charge in [-0.3, -0.25) is 4.98 Å². The van der Waals surface area contributed by atoms with E-state index in [0.29, 0.717) is 29.4 Å². The predicted molar refractivity (Wildman–Crippen MR) is 90.9 cm³/mol. The van der Waals surface area contributed by atoms with Gasteiger partial charge in [-0.25, -0.2) is 4.79 Å². The van der Waals surface area contributed by atoms with Crippen molar-refractivity contribution in [3.8, 4) is 11.3 Å². The number of furan rings is 1. The van der Waals surface area contributed by atoms with Crippen molar-refractivity contribution in [2.24, 2.45) is 0 Å². The van der Waals surface area contributed by atoms with Gasteiger partial charge in [0.15, 0.2) is 0 Å². The van der Waals surface area contributed by atoms with Crippen LogP contribution in [0.15, 0.2) is 59.3 Å². The highest BCUT2D eigenvalue weighted by atomic mass is 35.5. The Bertz CT molecular complexity index is 846. The average Bonchev–Trinajstić information content (AvgIpc) is 3.04. The van der Waals surface area contributed by atoms with Crippen molar-refractivity contribution < 1.29 is 14.3 Å². The molecule has 2 N–H and O–H groups in total. The lowest BCUT2D eigenvalue weighted by molar-refractivity contribution is 0.0697. The Balaban J connectivity index is 1.69. The number of benzene rings is 1. The molecule has 6 heteroatoms. The van der Waals surface area contributed by atoms with Gasteiger partial charge in [0, 0.05) is 24.5 Å². The third-order valence-corrected chi connectivity index (χ3v) is 3.85. The third kappa shape index (κ3) is 3.82. The molecule has 122 valence electrons. The number of nitrogens with zero attached hydrogens (tertiary/aromatic N) is 1. The Hall–Kier alpha value is -2.63. The van der Waals surface area contributed by atoms with Gasteiger partial charge in [0.2, 0.25) is 0 Å². The monoisotopic (exact) mass is 342 g/mol. The number of aromatic carboxylic acids is 1. The fourth-order valence-corrected chi connectivity index (χ4v) is 2.51. The number of carboxylic acids is 1. The summed E-state index contributed by atoms with van der Waals surface area (Å²) in [5.74, 6) is 0.290. The van der Waals surface area contributed by atoms with Gasteiger partial charge in [-0.15, -0.1) is 0 Å². The molecule has 1 aromatic carbocycles. The number of aromatic nitrogens is 1. The first-order chi connectivity index (χ1) is 11.6. The van der Waals surface area contributed by atoms with E-state index in [0.717, 1.165) is 11.3 Å². The summed E-state index contributed by atoms with van der Waals surface area (Å²) in [5, 5.41) is 12.8. The van der Waals surface area contributed by atoms with Crippen molar-refractivity contribution in [3.05, 3.63) is 76.8 Å². The van der Waals surface area contributed by atoms with E-state index in [1.165, 1.54) is 12.1 Å². The van der Waals surface area contributed by atoms with Crippen molar-refractivity contribution in [1.29, 1.82) is 0 Å². The molecular formula is C18H15ClN2O3. The molecule has 0 fully saturated rings. The molecule has 2 aromatic heterocycles. The zero-order valence-electron chi connectivity index (χ0n) is 12.7. The minimum absolute atomic E-state index is 0.170. The van der Waals surface area contributed by atoms with Gasteiger partial charge in [-0.1, -0.05) is 11.6 Å². The lowest BCUT2D eigenvalue weighted by atomic mass is 10.1. The van der Waals surface area contributed by atoms with Crippen LogP contribution in [0.3, 0.4) is 0 Å². The zero-order valence-corrected chi connectivity index (χ0v) is 13.5. The van der Waals surface area contributed by atoms with Crippen LogP contribution in [0.2, 0.25) is 5.02 Å². The molecule has 0 spiro atoms. The highest BCUT2D eigenvalue weighted by Crippen LogP contribution is 2.30. The molecule has 0 aliphatic carbocycles. The van der Waals surface area contributed by atoms with Crippen molar-refractivity contribution >= 4 is 17.6 Å². The molecule has 5 nitrogen and oxygen atoms in total. The van der Waals surface area contributed by atoms with E-state index in [1.54, 1.807) is 24.5 Å². The molecular weight excluding hydrogens is 328 g/mol. The van der Waals surface area contributed by atoms with Crippen LogP contribution >= 0.6 is 11.6 Å². The Morgan fingerprint density at radius 1 is 1.12 bits per heavy atom. The van der Waals surface area contributed by atoms with Crippen LogP contribution in [0.1, 0.15) is 21.7 Å². The number of nitrogens with one attached hydrogen (secondary N) is 1. The Morgan fingerprint density at radius 3 is 2.67 bits per heavy atom. The normalized spacial score (nSPS) is 10.7. The first kappa shape index (κ1) is 16.2. The molecule has 2 heterocycles. The Labute approximate surface area is 143 Å². The summed E-state index contributed by atoms with van der Waals surface area (Å²) in [6, 6.07) is 12.1. The summed E-state index contributed by atoms with van der Waals surface area (Å²) in [5.41, 5.74) is 1.87. The molecule has 24 heavy (non-hydrogen) atoms. The molecule has 0 saturated heterocycles. The zero-order chi connectivity index (χ0) is 16.9. The Kier molecular flexibility index (Phi) is 4.93. The van der Waals surface area contributed by atoms with Crippen LogP contribution in [-0.4, -0.2) is 16.1 Å². The molecule has 3 rings (SSSR count). The summed E-state index contributed by atoms with van der Waals surface area (Å²) in [4.78, 5) is 15.1. The molecule has 0 amide bonds. The van der Waals surface area contributed by atoms with E-state index in [4.69, 9.17) is 21.1 Å². The number of halogens is 1. The highest BCUT2D eigenvalue weighted by molar-refractivity contribution is 6.33. The average molecular weight is 343 g/mol. The van der Waals surface area contributed by atoms with Gasteiger partial charge in [0.05, 0.1) is 17.1 Å². The third-order valence-electron chi connectivity index (χ3n) is 3.52. The van der Waals surface area contributed by atoms with Crippen LogP contribution in [0, 0.1) is 0 Å². The second-order valence-corrected chi connectivity index (χ2v) is 5.63. The Morgan fingerprint density at radius 2 is 1.92 bits per heavy atom. The fraction of sp³-hybridized carbons (Fsp3) is 0.111. The molecule has 0 atom stereocenters. The summed E-state index contributed by atoms with van der Waals surface area (Å²) in [7, 11) is 0. The first-order valence-electron chi connectivity index (χ1n) is 7.35. The van der Waals surface area contributed by atoms with Crippen LogP contribution in [0.5, 0.6) is 0 Å². The molecule has 0 aliphatic rings. The lowest BCUT2D eigenvalue weighted by Crippen LogP contribution is -2.11. The number of rotatable bonds is 6. The SMILES string of the molecule is O=C(O)c1ccc(Cl)c(-c2ccc(CNCc3ccncc3)o2)c1. The van der Waals surface area contributed by atoms with Crippen molar-refractivity contribution in [3.63, 3.8) is 0 Å². The number of pyridine rings is 1. The number of hydrogen-bond acceptors (Lipinski definition) is 4. The molecule has 0 radical (unpaired) electrons. The molecule has 0 unspecified atom stereocenters. The van der Waals surface area contributed by atoms with E-state index in [2.05, 4.69) is 10.3 Å². The standard InChI is InChI=1S/C18H15ClN2O3/c19-16-3-1-13(18(22)23)9-15(16)17-4-2-14(24-17)11-21-10-12-5-7-20-8-6-12/h1-9,21H,10-11H2,(H,22,23). The summed E-state index contributed by atoms with van der Waals surface area (Å²) < 4.78 is 5.77. The quantitative estimate of drug-likeness (QED) is 0.708. The predicted octanol–water partition coefficient (Wildman–Crippen LogP) is 3.98. The second kappa shape index (κ2) is 7.29. The summed E-state index contributed by atoms with van der Waals surface area (Å²) in [6.45, 7) is 1.26. The van der Waals surface area contributed by atoms with E-state index in [-0.39, 0.29) is 5.56 Å². The maximum Gasteiger partial charge on any atom is 0.335 e. The van der Waals surface area contributed by atoms with Crippen molar-refractivity contribution in [1.82, 2.24) is 10.3 Å². The molecule has 0 saturated carbocycles. The highest BCUT2D eigenvalue weighted by Gasteiger charge is 2.12. The van der Waals surface area contributed by atoms with Crippen molar-refractivity contribution in [2.45, 2.75) is 13.1 Å². The maximum absolute atomic E-state index is 11.1. The van der Waals surface area contributed by atoms with Gasteiger partial charge in [-0.05, 0) is 48.0 Å².